The van der Waals surface area contributed by atoms with Gasteiger partial charge in [0, 0.05) is 13.6 Å². The van der Waals surface area contributed by atoms with E-state index in [1.165, 1.54) is 6.07 Å². The summed E-state index contributed by atoms with van der Waals surface area (Å²) >= 11 is 5.82. The maximum atomic E-state index is 13.2. The Morgan fingerprint density at radius 1 is 1.50 bits per heavy atom. The van der Waals surface area contributed by atoms with E-state index < -0.39 is 0 Å². The van der Waals surface area contributed by atoms with Crippen molar-refractivity contribution >= 4 is 17.3 Å². The molecule has 0 heterocycles. The van der Waals surface area contributed by atoms with E-state index in [9.17, 15) is 4.39 Å². The lowest BCUT2D eigenvalue weighted by molar-refractivity contribution is 0.624. The van der Waals surface area contributed by atoms with Gasteiger partial charge in [0.1, 0.15) is 5.82 Å². The second-order valence-electron chi connectivity index (χ2n) is 2.58. The van der Waals surface area contributed by atoms with Crippen LogP contribution >= 0.6 is 11.6 Å². The van der Waals surface area contributed by atoms with Gasteiger partial charge in [-0.2, -0.15) is 0 Å². The zero-order valence-electron chi connectivity index (χ0n) is 7.14. The first-order chi connectivity index (χ1) is 5.66. The zero-order chi connectivity index (χ0) is 9.14. The van der Waals surface area contributed by atoms with Crippen LogP contribution in [0.3, 0.4) is 0 Å². The highest BCUT2D eigenvalue weighted by molar-refractivity contribution is 6.33. The molecular weight excluding hydrogens is 177 g/mol. The summed E-state index contributed by atoms with van der Waals surface area (Å²) in [6, 6.07) is 4.70. The number of anilines is 1. The van der Waals surface area contributed by atoms with E-state index in [4.69, 9.17) is 11.6 Å². The third kappa shape index (κ3) is 1.69. The highest BCUT2D eigenvalue weighted by atomic mass is 35.5. The molecule has 0 radical (unpaired) electrons. The fourth-order valence-electron chi connectivity index (χ4n) is 1.01. The molecule has 66 valence electrons. The monoisotopic (exact) mass is 187 g/mol. The van der Waals surface area contributed by atoms with Gasteiger partial charge in [-0.1, -0.05) is 17.7 Å². The number of benzene rings is 1. The summed E-state index contributed by atoms with van der Waals surface area (Å²) in [6.45, 7) is 2.68. The van der Waals surface area contributed by atoms with Crippen molar-refractivity contribution in [1.29, 1.82) is 0 Å². The van der Waals surface area contributed by atoms with Crippen molar-refractivity contribution in [2.75, 3.05) is 18.5 Å². The average Bonchev–Trinajstić information content (AvgIpc) is 2.03. The summed E-state index contributed by atoms with van der Waals surface area (Å²) in [5.41, 5.74) is 0.474. The molecule has 0 N–H and O–H groups in total. The Morgan fingerprint density at radius 3 is 2.67 bits per heavy atom. The van der Waals surface area contributed by atoms with Crippen LogP contribution in [-0.4, -0.2) is 13.6 Å². The Hall–Kier alpha value is -0.760. The van der Waals surface area contributed by atoms with E-state index in [0.717, 1.165) is 6.54 Å². The lowest BCUT2D eigenvalue weighted by Gasteiger charge is -2.18. The predicted molar refractivity (Wildman–Crippen MR) is 50.4 cm³/mol. The molecule has 0 atom stereocenters. The molecule has 0 fully saturated rings. The van der Waals surface area contributed by atoms with Crippen molar-refractivity contribution in [2.45, 2.75) is 6.92 Å². The first-order valence-electron chi connectivity index (χ1n) is 3.82. The maximum absolute atomic E-state index is 13.2. The molecular formula is C9H11ClFN. The molecule has 0 spiro atoms. The zero-order valence-corrected chi connectivity index (χ0v) is 7.90. The molecule has 0 saturated heterocycles. The Balaban J connectivity index is 3.12. The Kier molecular flexibility index (Phi) is 2.93. The molecule has 0 aliphatic heterocycles. The third-order valence-electron chi connectivity index (χ3n) is 1.79. The molecule has 0 amide bonds. The second kappa shape index (κ2) is 3.76. The van der Waals surface area contributed by atoms with Crippen molar-refractivity contribution in [1.82, 2.24) is 0 Å². The van der Waals surface area contributed by atoms with Gasteiger partial charge in [-0.25, -0.2) is 4.39 Å². The van der Waals surface area contributed by atoms with Crippen LogP contribution in [-0.2, 0) is 0 Å². The summed E-state index contributed by atoms with van der Waals surface area (Å²) in [7, 11) is 1.81. The minimum absolute atomic E-state index is 0.271. The fourth-order valence-corrected chi connectivity index (χ4v) is 1.32. The van der Waals surface area contributed by atoms with Gasteiger partial charge in [0.25, 0.3) is 0 Å². The van der Waals surface area contributed by atoms with Gasteiger partial charge >= 0.3 is 0 Å². The van der Waals surface area contributed by atoms with E-state index in [1.54, 1.807) is 17.0 Å². The number of hydrogen-bond acceptors (Lipinski definition) is 1. The van der Waals surface area contributed by atoms with Crippen molar-refractivity contribution in [3.63, 3.8) is 0 Å². The molecule has 0 aliphatic carbocycles. The summed E-state index contributed by atoms with van der Waals surface area (Å²) in [5.74, 6) is -0.271. The van der Waals surface area contributed by atoms with Gasteiger partial charge in [-0.3, -0.25) is 0 Å². The van der Waals surface area contributed by atoms with Crippen LogP contribution in [0.5, 0.6) is 0 Å². The number of halogens is 2. The number of nitrogens with zero attached hydrogens (tertiary/aromatic N) is 1. The van der Waals surface area contributed by atoms with Crippen molar-refractivity contribution in [3.05, 3.63) is 29.0 Å². The fraction of sp³-hybridized carbons (Fsp3) is 0.333. The summed E-state index contributed by atoms with van der Waals surface area (Å²) < 4.78 is 13.2. The Bertz CT molecular complexity index is 255. The first-order valence-corrected chi connectivity index (χ1v) is 4.19. The van der Waals surface area contributed by atoms with E-state index in [2.05, 4.69) is 0 Å². The standard InChI is InChI=1S/C9H11ClFN/c1-3-12(2)9-7(10)5-4-6-8(9)11/h4-6H,3H2,1-2H3. The second-order valence-corrected chi connectivity index (χ2v) is 2.99. The smallest absolute Gasteiger partial charge is 0.148 e. The lowest BCUT2D eigenvalue weighted by Crippen LogP contribution is -2.17. The number of rotatable bonds is 2. The van der Waals surface area contributed by atoms with Crippen LogP contribution in [0.25, 0.3) is 0 Å². The highest BCUT2D eigenvalue weighted by Gasteiger charge is 2.09. The van der Waals surface area contributed by atoms with Gasteiger partial charge in [0.2, 0.25) is 0 Å². The molecule has 0 saturated carbocycles. The third-order valence-corrected chi connectivity index (χ3v) is 2.10. The van der Waals surface area contributed by atoms with Crippen molar-refractivity contribution in [2.24, 2.45) is 0 Å². The molecule has 0 bridgehead atoms. The van der Waals surface area contributed by atoms with Crippen molar-refractivity contribution in [3.8, 4) is 0 Å². The Morgan fingerprint density at radius 2 is 2.17 bits per heavy atom. The molecule has 1 nitrogen and oxygen atoms in total. The normalized spacial score (nSPS) is 10.0. The molecule has 0 aliphatic rings. The first kappa shape index (κ1) is 9.33. The predicted octanol–water partition coefficient (Wildman–Crippen LogP) is 2.94. The number of para-hydroxylation sites is 1. The largest absolute Gasteiger partial charge is 0.371 e. The SMILES string of the molecule is CCN(C)c1c(F)cccc1Cl. The van der Waals surface area contributed by atoms with E-state index in [0.29, 0.717) is 10.7 Å². The molecule has 12 heavy (non-hydrogen) atoms. The molecule has 1 rings (SSSR count). The van der Waals surface area contributed by atoms with Gasteiger partial charge in [0.05, 0.1) is 10.7 Å². The lowest BCUT2D eigenvalue weighted by atomic mass is 10.3. The van der Waals surface area contributed by atoms with Crippen LogP contribution in [0.15, 0.2) is 18.2 Å². The Labute approximate surface area is 76.8 Å². The molecule has 1 aromatic rings. The highest BCUT2D eigenvalue weighted by Crippen LogP contribution is 2.27. The van der Waals surface area contributed by atoms with Crippen LogP contribution < -0.4 is 4.90 Å². The quantitative estimate of drug-likeness (QED) is 0.688. The number of hydrogen-bond donors (Lipinski definition) is 0. The maximum Gasteiger partial charge on any atom is 0.148 e. The van der Waals surface area contributed by atoms with E-state index in [1.807, 2.05) is 14.0 Å². The van der Waals surface area contributed by atoms with Crippen LogP contribution in [0, 0.1) is 5.82 Å². The van der Waals surface area contributed by atoms with Crippen LogP contribution in [0.4, 0.5) is 10.1 Å². The van der Waals surface area contributed by atoms with Gasteiger partial charge in [0.15, 0.2) is 0 Å². The topological polar surface area (TPSA) is 3.24 Å². The molecule has 1 aromatic carbocycles. The minimum atomic E-state index is -0.271. The molecule has 3 heteroatoms. The van der Waals surface area contributed by atoms with Gasteiger partial charge in [-0.05, 0) is 19.1 Å². The van der Waals surface area contributed by atoms with Gasteiger partial charge < -0.3 is 4.90 Å². The van der Waals surface area contributed by atoms with Crippen LogP contribution in [0.1, 0.15) is 6.92 Å². The summed E-state index contributed by atoms with van der Waals surface area (Å²) in [4.78, 5) is 1.78. The average molecular weight is 188 g/mol. The molecule has 0 unspecified atom stereocenters. The van der Waals surface area contributed by atoms with E-state index in [-0.39, 0.29) is 5.82 Å². The summed E-state index contributed by atoms with van der Waals surface area (Å²) in [5, 5.41) is 0.458. The van der Waals surface area contributed by atoms with E-state index >= 15 is 0 Å². The summed E-state index contributed by atoms with van der Waals surface area (Å²) in [6.07, 6.45) is 0. The minimum Gasteiger partial charge on any atom is -0.371 e. The van der Waals surface area contributed by atoms with Gasteiger partial charge in [-0.15, -0.1) is 0 Å². The molecule has 0 aromatic heterocycles. The van der Waals surface area contributed by atoms with Crippen LogP contribution in [0.2, 0.25) is 5.02 Å². The van der Waals surface area contributed by atoms with Crippen molar-refractivity contribution < 1.29 is 4.39 Å².